The van der Waals surface area contributed by atoms with E-state index in [1.807, 2.05) is 18.0 Å². The summed E-state index contributed by atoms with van der Waals surface area (Å²) in [5, 5.41) is 3.64. The summed E-state index contributed by atoms with van der Waals surface area (Å²) >= 11 is 1.67. The Labute approximate surface area is 129 Å². The molecule has 0 radical (unpaired) electrons. The molecule has 4 nitrogen and oxygen atoms in total. The molecule has 2 unspecified atom stereocenters. The van der Waals surface area contributed by atoms with Crippen molar-refractivity contribution in [2.75, 3.05) is 13.7 Å². The first kappa shape index (κ1) is 13.7. The number of piperidine rings is 1. The molecule has 3 aliphatic rings. The van der Waals surface area contributed by atoms with Crippen LogP contribution in [0.3, 0.4) is 0 Å². The summed E-state index contributed by atoms with van der Waals surface area (Å²) in [6, 6.07) is 3.68. The van der Waals surface area contributed by atoms with Crippen LogP contribution in [0.25, 0.3) is 0 Å². The lowest BCUT2D eigenvalue weighted by Crippen LogP contribution is -2.48. The number of hydrogen-bond donors (Lipinski definition) is 1. The van der Waals surface area contributed by atoms with Gasteiger partial charge in [0, 0.05) is 36.5 Å². The molecule has 2 atom stereocenters. The Morgan fingerprint density at radius 1 is 1.38 bits per heavy atom. The molecule has 4 rings (SSSR count). The summed E-state index contributed by atoms with van der Waals surface area (Å²) in [5.41, 5.74) is 1.22. The van der Waals surface area contributed by atoms with Gasteiger partial charge >= 0.3 is 0 Å². The standard InChI is InChI=1S/C16H22N2O2S/c1-18(13-7-11-2-3-12(8-13)17-11)16(19)15-6-10-9-20-5-4-14(10)21-15/h6,11-13,17H,2-5,7-9H2,1H3. The van der Waals surface area contributed by atoms with Gasteiger partial charge in [0.15, 0.2) is 0 Å². The van der Waals surface area contributed by atoms with Gasteiger partial charge in [0.25, 0.3) is 5.91 Å². The van der Waals surface area contributed by atoms with Crippen molar-refractivity contribution in [2.45, 2.75) is 56.8 Å². The monoisotopic (exact) mass is 306 g/mol. The fraction of sp³-hybridized carbons (Fsp3) is 0.688. The Morgan fingerprint density at radius 2 is 2.14 bits per heavy atom. The molecule has 21 heavy (non-hydrogen) atoms. The van der Waals surface area contributed by atoms with Crippen LogP contribution in [0, 0.1) is 0 Å². The van der Waals surface area contributed by atoms with Gasteiger partial charge in [-0.1, -0.05) is 0 Å². The van der Waals surface area contributed by atoms with E-state index in [9.17, 15) is 4.79 Å². The Balaban J connectivity index is 1.50. The number of fused-ring (bicyclic) bond motifs is 3. The highest BCUT2D eigenvalue weighted by atomic mass is 32.1. The zero-order valence-electron chi connectivity index (χ0n) is 12.4. The summed E-state index contributed by atoms with van der Waals surface area (Å²) in [5.74, 6) is 0.195. The van der Waals surface area contributed by atoms with Crippen LogP contribution in [0.2, 0.25) is 0 Å². The van der Waals surface area contributed by atoms with Crippen LogP contribution in [0.15, 0.2) is 6.07 Å². The SMILES string of the molecule is CN(C(=O)c1cc2c(s1)CCOC2)C1CC2CCC(C1)N2. The van der Waals surface area contributed by atoms with Crippen molar-refractivity contribution in [1.82, 2.24) is 10.2 Å². The van der Waals surface area contributed by atoms with E-state index in [1.54, 1.807) is 11.3 Å². The lowest BCUT2D eigenvalue weighted by Gasteiger charge is -2.35. The molecule has 114 valence electrons. The minimum atomic E-state index is 0.195. The number of nitrogens with zero attached hydrogens (tertiary/aromatic N) is 1. The van der Waals surface area contributed by atoms with Crippen molar-refractivity contribution in [2.24, 2.45) is 0 Å². The van der Waals surface area contributed by atoms with E-state index in [2.05, 4.69) is 5.32 Å². The summed E-state index contributed by atoms with van der Waals surface area (Å²) in [7, 11) is 1.98. The minimum Gasteiger partial charge on any atom is -0.376 e. The second kappa shape index (κ2) is 5.38. The van der Waals surface area contributed by atoms with E-state index in [0.29, 0.717) is 24.7 Å². The number of carbonyl (C=O) groups excluding carboxylic acids is 1. The van der Waals surface area contributed by atoms with Gasteiger partial charge in [-0.2, -0.15) is 0 Å². The molecular formula is C16H22N2O2S. The maximum absolute atomic E-state index is 12.8. The van der Waals surface area contributed by atoms with Gasteiger partial charge in [-0.15, -0.1) is 11.3 Å². The summed E-state index contributed by atoms with van der Waals surface area (Å²) in [6.45, 7) is 1.45. The molecule has 0 spiro atoms. The van der Waals surface area contributed by atoms with Gasteiger partial charge in [-0.3, -0.25) is 4.79 Å². The highest BCUT2D eigenvalue weighted by molar-refractivity contribution is 7.14. The number of carbonyl (C=O) groups is 1. The van der Waals surface area contributed by atoms with Gasteiger partial charge in [0.05, 0.1) is 18.1 Å². The van der Waals surface area contributed by atoms with E-state index >= 15 is 0 Å². The van der Waals surface area contributed by atoms with Crippen molar-refractivity contribution in [3.63, 3.8) is 0 Å². The minimum absolute atomic E-state index is 0.195. The van der Waals surface area contributed by atoms with E-state index in [4.69, 9.17) is 4.74 Å². The molecule has 1 N–H and O–H groups in total. The summed E-state index contributed by atoms with van der Waals surface area (Å²) < 4.78 is 5.48. The first-order valence-electron chi connectivity index (χ1n) is 7.93. The van der Waals surface area contributed by atoms with Crippen molar-refractivity contribution in [3.05, 3.63) is 21.4 Å². The zero-order valence-corrected chi connectivity index (χ0v) is 13.2. The average Bonchev–Trinajstić information content (AvgIpc) is 3.08. The summed E-state index contributed by atoms with van der Waals surface area (Å²) in [6.07, 6.45) is 5.70. The molecule has 4 heterocycles. The van der Waals surface area contributed by atoms with E-state index < -0.39 is 0 Å². The Hall–Kier alpha value is -0.910. The third-order valence-corrected chi connectivity index (χ3v) is 6.38. The van der Waals surface area contributed by atoms with Crippen LogP contribution < -0.4 is 5.32 Å². The van der Waals surface area contributed by atoms with Crippen molar-refractivity contribution in [3.8, 4) is 0 Å². The fourth-order valence-electron chi connectivity index (χ4n) is 3.94. The third kappa shape index (κ3) is 2.51. The highest BCUT2D eigenvalue weighted by Gasteiger charge is 2.36. The first-order chi connectivity index (χ1) is 10.2. The van der Waals surface area contributed by atoms with Gasteiger partial charge < -0.3 is 15.0 Å². The van der Waals surface area contributed by atoms with Crippen LogP contribution >= 0.6 is 11.3 Å². The highest BCUT2D eigenvalue weighted by Crippen LogP contribution is 2.32. The predicted molar refractivity (Wildman–Crippen MR) is 82.7 cm³/mol. The van der Waals surface area contributed by atoms with Crippen LogP contribution in [-0.2, 0) is 17.8 Å². The maximum atomic E-state index is 12.8. The van der Waals surface area contributed by atoms with Crippen LogP contribution in [0.4, 0.5) is 0 Å². The van der Waals surface area contributed by atoms with E-state index in [1.165, 1.54) is 23.3 Å². The normalized spacial score (nSPS) is 31.0. The lowest BCUT2D eigenvalue weighted by atomic mass is 9.98. The molecule has 0 aliphatic carbocycles. The maximum Gasteiger partial charge on any atom is 0.263 e. The second-order valence-corrected chi connectivity index (χ2v) is 7.68. The Bertz CT molecular complexity index is 521. The van der Waals surface area contributed by atoms with Crippen molar-refractivity contribution < 1.29 is 9.53 Å². The predicted octanol–water partition coefficient (Wildman–Crippen LogP) is 2.18. The molecule has 1 aromatic rings. The largest absolute Gasteiger partial charge is 0.376 e. The lowest BCUT2D eigenvalue weighted by molar-refractivity contribution is 0.0686. The van der Waals surface area contributed by atoms with Gasteiger partial charge in [0.2, 0.25) is 0 Å². The molecule has 0 aromatic carbocycles. The number of amides is 1. The van der Waals surface area contributed by atoms with E-state index in [0.717, 1.165) is 30.7 Å². The number of thiophene rings is 1. The Kier molecular flexibility index (Phi) is 3.52. The smallest absolute Gasteiger partial charge is 0.263 e. The molecule has 2 fully saturated rings. The van der Waals surface area contributed by atoms with Crippen LogP contribution in [0.1, 0.15) is 45.8 Å². The Morgan fingerprint density at radius 3 is 2.86 bits per heavy atom. The average molecular weight is 306 g/mol. The molecule has 0 saturated carbocycles. The van der Waals surface area contributed by atoms with Gasteiger partial charge in [0.1, 0.15) is 0 Å². The van der Waals surface area contributed by atoms with Gasteiger partial charge in [-0.05, 0) is 37.3 Å². The number of hydrogen-bond acceptors (Lipinski definition) is 4. The van der Waals surface area contributed by atoms with Crippen molar-refractivity contribution >= 4 is 17.2 Å². The number of nitrogens with one attached hydrogen (secondary N) is 1. The number of ether oxygens (including phenoxy) is 1. The second-order valence-electron chi connectivity index (χ2n) is 6.54. The molecule has 2 bridgehead atoms. The zero-order chi connectivity index (χ0) is 14.4. The molecular weight excluding hydrogens is 284 g/mol. The van der Waals surface area contributed by atoms with E-state index in [-0.39, 0.29) is 5.91 Å². The molecule has 2 saturated heterocycles. The summed E-state index contributed by atoms with van der Waals surface area (Å²) in [4.78, 5) is 17.0. The first-order valence-corrected chi connectivity index (χ1v) is 8.75. The molecule has 1 aromatic heterocycles. The molecule has 5 heteroatoms. The molecule has 1 amide bonds. The fourth-order valence-corrected chi connectivity index (χ4v) is 5.07. The van der Waals surface area contributed by atoms with Crippen LogP contribution in [-0.4, -0.2) is 42.6 Å². The number of rotatable bonds is 2. The third-order valence-electron chi connectivity index (χ3n) is 5.15. The van der Waals surface area contributed by atoms with Crippen molar-refractivity contribution in [1.29, 1.82) is 0 Å². The topological polar surface area (TPSA) is 41.6 Å². The molecule has 3 aliphatic heterocycles. The van der Waals surface area contributed by atoms with Crippen LogP contribution in [0.5, 0.6) is 0 Å². The van der Waals surface area contributed by atoms with Gasteiger partial charge in [-0.25, -0.2) is 0 Å². The quantitative estimate of drug-likeness (QED) is 0.910.